The lowest BCUT2D eigenvalue weighted by molar-refractivity contribution is 0.150. The molecule has 2 aliphatic carbocycles. The molecule has 104 valence electrons. The van der Waals surface area contributed by atoms with Crippen LogP contribution in [0.3, 0.4) is 0 Å². The van der Waals surface area contributed by atoms with Crippen molar-refractivity contribution in [1.82, 2.24) is 14.8 Å². The Bertz CT molecular complexity index is 657. The van der Waals surface area contributed by atoms with Gasteiger partial charge >= 0.3 is 0 Å². The van der Waals surface area contributed by atoms with Gasteiger partial charge < -0.3 is 8.98 Å². The molecule has 0 spiro atoms. The topological polar surface area (TPSA) is 43.9 Å². The van der Waals surface area contributed by atoms with Crippen LogP contribution in [-0.4, -0.2) is 14.8 Å². The standard InChI is InChI=1S/C16H19N3O/c1-9-2-3-14(20-9)16-18-17-15-12-5-10-4-11(6-12)8-13(7-10)19(15)16/h2-3,10-13H,4-8H2,1H3. The van der Waals surface area contributed by atoms with Crippen molar-refractivity contribution in [3.8, 4) is 11.6 Å². The summed E-state index contributed by atoms with van der Waals surface area (Å²) < 4.78 is 8.22. The van der Waals surface area contributed by atoms with Crippen LogP contribution in [0, 0.1) is 18.8 Å². The molecule has 0 amide bonds. The molecule has 2 unspecified atom stereocenters. The highest BCUT2D eigenvalue weighted by molar-refractivity contribution is 5.48. The predicted molar refractivity (Wildman–Crippen MR) is 74.3 cm³/mol. The Kier molecular flexibility index (Phi) is 2.08. The largest absolute Gasteiger partial charge is 0.458 e. The Morgan fingerprint density at radius 1 is 1.05 bits per heavy atom. The Balaban J connectivity index is 1.69. The predicted octanol–water partition coefficient (Wildman–Crippen LogP) is 3.69. The molecule has 2 saturated carbocycles. The first-order valence-electron chi connectivity index (χ1n) is 7.79. The maximum atomic E-state index is 5.80. The highest BCUT2D eigenvalue weighted by atomic mass is 16.3. The van der Waals surface area contributed by atoms with Crippen LogP contribution in [0.15, 0.2) is 16.5 Å². The zero-order valence-corrected chi connectivity index (χ0v) is 11.7. The molecule has 2 aliphatic heterocycles. The van der Waals surface area contributed by atoms with E-state index < -0.39 is 0 Å². The Morgan fingerprint density at radius 3 is 2.55 bits per heavy atom. The quantitative estimate of drug-likeness (QED) is 0.793. The molecule has 0 aromatic carbocycles. The van der Waals surface area contributed by atoms with Gasteiger partial charge in [-0.3, -0.25) is 0 Å². The second-order valence-electron chi connectivity index (χ2n) is 6.92. The van der Waals surface area contributed by atoms with E-state index in [1.165, 1.54) is 37.9 Å². The lowest BCUT2D eigenvalue weighted by Crippen LogP contribution is -2.27. The maximum absolute atomic E-state index is 5.80. The smallest absolute Gasteiger partial charge is 0.200 e. The monoisotopic (exact) mass is 269 g/mol. The summed E-state index contributed by atoms with van der Waals surface area (Å²) in [7, 11) is 0. The molecule has 2 fully saturated rings. The molecule has 20 heavy (non-hydrogen) atoms. The molecule has 0 radical (unpaired) electrons. The number of aryl methyl sites for hydroxylation is 1. The number of hydrogen-bond donors (Lipinski definition) is 0. The van der Waals surface area contributed by atoms with Crippen LogP contribution < -0.4 is 0 Å². The van der Waals surface area contributed by atoms with Crippen molar-refractivity contribution in [3.63, 3.8) is 0 Å². The van der Waals surface area contributed by atoms with E-state index in [0.29, 0.717) is 12.0 Å². The van der Waals surface area contributed by atoms with Gasteiger partial charge in [-0.15, -0.1) is 10.2 Å². The van der Waals surface area contributed by atoms with Crippen LogP contribution in [0.25, 0.3) is 11.6 Å². The SMILES string of the molecule is Cc1ccc(-c2nnc3n2C2CC4CC(CC3C4)C2)o1. The van der Waals surface area contributed by atoms with Gasteiger partial charge in [0, 0.05) is 12.0 Å². The van der Waals surface area contributed by atoms with Crippen molar-refractivity contribution >= 4 is 0 Å². The van der Waals surface area contributed by atoms with E-state index >= 15 is 0 Å². The van der Waals surface area contributed by atoms with Gasteiger partial charge in [-0.1, -0.05) is 0 Å². The second kappa shape index (κ2) is 3.74. The van der Waals surface area contributed by atoms with Gasteiger partial charge in [-0.05, 0) is 63.0 Å². The molecule has 4 nitrogen and oxygen atoms in total. The number of nitrogens with zero attached hydrogens (tertiary/aromatic N) is 3. The summed E-state index contributed by atoms with van der Waals surface area (Å²) in [6.07, 6.45) is 6.71. The third-order valence-electron chi connectivity index (χ3n) is 5.53. The first-order valence-corrected chi connectivity index (χ1v) is 7.79. The normalized spacial score (nSPS) is 34.2. The zero-order chi connectivity index (χ0) is 13.3. The minimum absolute atomic E-state index is 0.594. The van der Waals surface area contributed by atoms with Crippen molar-refractivity contribution in [3.05, 3.63) is 23.7 Å². The van der Waals surface area contributed by atoms with Gasteiger partial charge in [0.05, 0.1) is 0 Å². The number of rotatable bonds is 1. The summed E-state index contributed by atoms with van der Waals surface area (Å²) in [6, 6.07) is 4.64. The molecule has 4 heterocycles. The third kappa shape index (κ3) is 1.42. The molecule has 4 aliphatic rings. The van der Waals surface area contributed by atoms with Crippen LogP contribution in [0.4, 0.5) is 0 Å². The van der Waals surface area contributed by atoms with E-state index in [0.717, 1.165) is 29.2 Å². The summed E-state index contributed by atoms with van der Waals surface area (Å²) in [5.41, 5.74) is 0. The molecule has 4 heteroatoms. The molecule has 0 saturated heterocycles. The molecule has 6 rings (SSSR count). The van der Waals surface area contributed by atoms with Gasteiger partial charge in [0.15, 0.2) is 11.6 Å². The summed E-state index contributed by atoms with van der Waals surface area (Å²) in [5, 5.41) is 9.02. The summed E-state index contributed by atoms with van der Waals surface area (Å²) in [5.74, 6) is 6.44. The van der Waals surface area contributed by atoms with Gasteiger partial charge in [-0.2, -0.15) is 0 Å². The first-order chi connectivity index (χ1) is 9.78. The summed E-state index contributed by atoms with van der Waals surface area (Å²) in [4.78, 5) is 0. The molecular formula is C16H19N3O. The Hall–Kier alpha value is -1.58. The molecule has 2 aromatic rings. The molecule has 2 atom stereocenters. The average Bonchev–Trinajstić information content (AvgIpc) is 2.99. The Labute approximate surface area is 118 Å². The highest BCUT2D eigenvalue weighted by Crippen LogP contribution is 2.53. The average molecular weight is 269 g/mol. The van der Waals surface area contributed by atoms with Crippen LogP contribution in [-0.2, 0) is 0 Å². The fraction of sp³-hybridized carbons (Fsp3) is 0.625. The minimum Gasteiger partial charge on any atom is -0.458 e. The molecule has 0 N–H and O–H groups in total. The van der Waals surface area contributed by atoms with Crippen molar-refractivity contribution in [2.45, 2.75) is 51.0 Å². The van der Waals surface area contributed by atoms with E-state index in [1.54, 1.807) is 0 Å². The number of furan rings is 1. The fourth-order valence-corrected chi connectivity index (χ4v) is 4.90. The van der Waals surface area contributed by atoms with Crippen LogP contribution >= 0.6 is 0 Å². The van der Waals surface area contributed by atoms with E-state index in [-0.39, 0.29) is 0 Å². The number of hydrogen-bond acceptors (Lipinski definition) is 3. The van der Waals surface area contributed by atoms with Crippen LogP contribution in [0.1, 0.15) is 55.6 Å². The van der Waals surface area contributed by atoms with E-state index in [2.05, 4.69) is 14.8 Å². The lowest BCUT2D eigenvalue weighted by atomic mass is 9.68. The minimum atomic E-state index is 0.594. The summed E-state index contributed by atoms with van der Waals surface area (Å²) >= 11 is 0. The maximum Gasteiger partial charge on any atom is 0.200 e. The lowest BCUT2D eigenvalue weighted by Gasteiger charge is -2.38. The van der Waals surface area contributed by atoms with Crippen LogP contribution in [0.5, 0.6) is 0 Å². The summed E-state index contributed by atoms with van der Waals surface area (Å²) in [6.45, 7) is 1.98. The van der Waals surface area contributed by atoms with E-state index in [1.807, 2.05) is 19.1 Å². The van der Waals surface area contributed by atoms with Crippen molar-refractivity contribution in [1.29, 1.82) is 0 Å². The zero-order valence-electron chi connectivity index (χ0n) is 11.7. The van der Waals surface area contributed by atoms with E-state index in [9.17, 15) is 0 Å². The Morgan fingerprint density at radius 2 is 1.85 bits per heavy atom. The second-order valence-corrected chi connectivity index (χ2v) is 6.92. The molecule has 4 bridgehead atoms. The van der Waals surface area contributed by atoms with Gasteiger partial charge in [0.1, 0.15) is 11.6 Å². The highest BCUT2D eigenvalue weighted by Gasteiger charge is 2.44. The van der Waals surface area contributed by atoms with Gasteiger partial charge in [-0.25, -0.2) is 0 Å². The molecule has 2 aromatic heterocycles. The first kappa shape index (κ1) is 11.1. The van der Waals surface area contributed by atoms with Crippen molar-refractivity contribution < 1.29 is 4.42 Å². The molecular weight excluding hydrogens is 250 g/mol. The fourth-order valence-electron chi connectivity index (χ4n) is 4.90. The van der Waals surface area contributed by atoms with E-state index in [4.69, 9.17) is 4.42 Å². The number of aromatic nitrogens is 3. The van der Waals surface area contributed by atoms with Gasteiger partial charge in [0.2, 0.25) is 0 Å². The van der Waals surface area contributed by atoms with Crippen molar-refractivity contribution in [2.75, 3.05) is 0 Å². The van der Waals surface area contributed by atoms with Crippen LogP contribution in [0.2, 0.25) is 0 Å². The third-order valence-corrected chi connectivity index (χ3v) is 5.53. The van der Waals surface area contributed by atoms with Crippen molar-refractivity contribution in [2.24, 2.45) is 11.8 Å². The van der Waals surface area contributed by atoms with Gasteiger partial charge in [0.25, 0.3) is 0 Å².